The molecule has 0 amide bonds. The molecule has 0 unspecified atom stereocenters. The van der Waals surface area contributed by atoms with Crippen molar-refractivity contribution in [1.82, 2.24) is 29.9 Å². The van der Waals surface area contributed by atoms with Crippen LogP contribution in [0.15, 0.2) is 90.3 Å². The van der Waals surface area contributed by atoms with Gasteiger partial charge in [-0.1, -0.05) is 37.3 Å². The molecule has 0 atom stereocenters. The lowest BCUT2D eigenvalue weighted by atomic mass is 9.90. The number of hydrogen-bond acceptors (Lipinski definition) is 15. The molecular formula is C40H48N8O11S. The zero-order valence-electron chi connectivity index (χ0n) is 32.3. The molecule has 1 N–H and O–H groups in total. The topological polar surface area (TPSA) is 239 Å². The van der Waals surface area contributed by atoms with Gasteiger partial charge >= 0.3 is 11.4 Å². The van der Waals surface area contributed by atoms with Gasteiger partial charge in [0.2, 0.25) is 0 Å². The van der Waals surface area contributed by atoms with Crippen LogP contribution in [0.3, 0.4) is 0 Å². The number of nitrogens with one attached hydrogen (secondary N) is 1. The number of nitro groups is 2. The smallest absolute Gasteiger partial charge is 0.316 e. The Balaban J connectivity index is 0.000000155. The molecule has 19 nitrogen and oxygen atoms in total. The molecule has 2 saturated heterocycles. The second kappa shape index (κ2) is 19.3. The van der Waals surface area contributed by atoms with Gasteiger partial charge in [0.15, 0.2) is 23.0 Å². The fraction of sp³-hybridized carbons (Fsp3) is 0.450. The Morgan fingerprint density at radius 1 is 0.767 bits per heavy atom. The molecule has 0 radical (unpaired) electrons. The van der Waals surface area contributed by atoms with Gasteiger partial charge in [-0.3, -0.25) is 44.2 Å². The number of pyridine rings is 2. The van der Waals surface area contributed by atoms with Gasteiger partial charge in [0, 0.05) is 38.1 Å². The van der Waals surface area contributed by atoms with E-state index in [2.05, 4.69) is 25.3 Å². The maximum absolute atomic E-state index is 12.2. The summed E-state index contributed by atoms with van der Waals surface area (Å²) in [7, 11) is -3.69. The van der Waals surface area contributed by atoms with Crippen LogP contribution in [0.2, 0.25) is 0 Å². The Hall–Kier alpha value is -5.51. The molecule has 2 aliphatic carbocycles. The lowest BCUT2D eigenvalue weighted by Gasteiger charge is -2.35. The van der Waals surface area contributed by atoms with E-state index < -0.39 is 31.5 Å². The fourth-order valence-electron chi connectivity index (χ4n) is 7.45. The molecule has 1 aromatic carbocycles. The van der Waals surface area contributed by atoms with E-state index in [9.17, 15) is 28.6 Å². The maximum Gasteiger partial charge on any atom is 0.316 e. The highest BCUT2D eigenvalue weighted by Crippen LogP contribution is 2.41. The molecule has 4 fully saturated rings. The largest absolute Gasteiger partial charge is 0.348 e. The molecule has 6 heterocycles. The molecule has 20 heteroatoms. The molecule has 2 spiro atoms. The number of aromatic amines is 1. The van der Waals surface area contributed by atoms with Crippen molar-refractivity contribution in [3.05, 3.63) is 111 Å². The molecule has 9 rings (SSSR count). The van der Waals surface area contributed by atoms with Gasteiger partial charge in [-0.25, -0.2) is 0 Å². The van der Waals surface area contributed by atoms with Gasteiger partial charge in [-0.2, -0.15) is 18.6 Å². The molecule has 4 aromatic heterocycles. The molecular weight excluding hydrogens is 801 g/mol. The fourth-order valence-corrected chi connectivity index (χ4v) is 8.58. The summed E-state index contributed by atoms with van der Waals surface area (Å²) in [6.07, 6.45) is 11.4. The van der Waals surface area contributed by atoms with Gasteiger partial charge < -0.3 is 18.9 Å². The van der Waals surface area contributed by atoms with Crippen molar-refractivity contribution >= 4 is 21.5 Å². The average molecular weight is 849 g/mol. The van der Waals surface area contributed by atoms with E-state index in [0.717, 1.165) is 31.2 Å². The highest BCUT2D eigenvalue weighted by atomic mass is 32.2. The lowest BCUT2D eigenvalue weighted by molar-refractivity contribution is -0.384. The zero-order chi connectivity index (χ0) is 41.5. The lowest BCUT2D eigenvalue weighted by Crippen LogP contribution is -2.38. The number of aromatic nitrogens is 6. The first kappa shape index (κ1) is 44.1. The number of H-pyrrole nitrogens is 1. The van der Waals surface area contributed by atoms with Crippen molar-refractivity contribution in [2.45, 2.75) is 94.3 Å². The quantitative estimate of drug-likeness (QED) is 0.0929. The van der Waals surface area contributed by atoms with Crippen molar-refractivity contribution in [3.8, 4) is 22.8 Å². The summed E-state index contributed by atoms with van der Waals surface area (Å²) in [5, 5.41) is 32.6. The van der Waals surface area contributed by atoms with E-state index in [4.69, 9.17) is 23.1 Å². The van der Waals surface area contributed by atoms with E-state index in [1.54, 1.807) is 77.7 Å². The third kappa shape index (κ3) is 10.4. The number of hydrogen-bond donors (Lipinski definition) is 1. The third-order valence-corrected chi connectivity index (χ3v) is 11.9. The molecule has 60 heavy (non-hydrogen) atoms. The van der Waals surface area contributed by atoms with Crippen LogP contribution < -0.4 is 0 Å². The summed E-state index contributed by atoms with van der Waals surface area (Å²) >= 11 is 0. The summed E-state index contributed by atoms with van der Waals surface area (Å²) < 4.78 is 54.3. The van der Waals surface area contributed by atoms with E-state index >= 15 is 0 Å². The van der Waals surface area contributed by atoms with Gasteiger partial charge in [0.25, 0.3) is 10.1 Å². The van der Waals surface area contributed by atoms with E-state index in [0.29, 0.717) is 74.9 Å². The van der Waals surface area contributed by atoms with Gasteiger partial charge in [-0.05, 0) is 69.0 Å². The van der Waals surface area contributed by atoms with Crippen molar-refractivity contribution in [2.24, 2.45) is 0 Å². The molecule has 320 valence electrons. The summed E-state index contributed by atoms with van der Waals surface area (Å²) in [6, 6.07) is 17.3. The Kier molecular flexibility index (Phi) is 14.1. The minimum absolute atomic E-state index is 0. The van der Waals surface area contributed by atoms with Crippen molar-refractivity contribution in [3.63, 3.8) is 0 Å². The molecule has 2 saturated carbocycles. The van der Waals surface area contributed by atoms with Crippen molar-refractivity contribution < 1.29 is 41.4 Å². The zero-order valence-corrected chi connectivity index (χ0v) is 33.1. The number of benzene rings is 1. The number of ether oxygens (including phenoxy) is 4. The summed E-state index contributed by atoms with van der Waals surface area (Å²) in [6.45, 7) is 4.43. The Labute approximate surface area is 346 Å². The van der Waals surface area contributed by atoms with Gasteiger partial charge in [0.1, 0.15) is 12.4 Å². The van der Waals surface area contributed by atoms with Crippen LogP contribution in [0, 0.1) is 27.2 Å². The van der Waals surface area contributed by atoms with Gasteiger partial charge in [0.05, 0.1) is 64.7 Å². The monoisotopic (exact) mass is 848 g/mol. The Bertz CT molecular complexity index is 2280. The van der Waals surface area contributed by atoms with E-state index in [-0.39, 0.29) is 35.8 Å². The van der Waals surface area contributed by atoms with E-state index in [1.165, 1.54) is 12.4 Å². The molecule has 5 aromatic rings. The molecule has 2 aliphatic heterocycles. The average Bonchev–Trinajstić information content (AvgIpc) is 4.09. The van der Waals surface area contributed by atoms with E-state index in [1.807, 2.05) is 6.92 Å². The second-order valence-corrected chi connectivity index (χ2v) is 16.0. The van der Waals surface area contributed by atoms with Crippen LogP contribution in [-0.2, 0) is 33.2 Å². The minimum atomic E-state index is -3.69. The van der Waals surface area contributed by atoms with Gasteiger partial charge in [-0.15, -0.1) is 0 Å². The van der Waals surface area contributed by atoms with Crippen molar-refractivity contribution in [2.75, 3.05) is 26.4 Å². The van der Waals surface area contributed by atoms with Crippen LogP contribution in [0.4, 0.5) is 11.4 Å². The standard InChI is InChI=1S/C16H18N4O4.C15H20O5S.C8H6N4O2.CH4/c21-20(22)14-11-19(18-15(14)13-3-1-2-8-17-13)12-4-6-16(7-5-12)23-9-10-24-16;1-12-2-4-14(5-3-12)21(16,17)20-13-6-8-15(9-7-13)18-10-11-19-15;13-12(14)7-5-10-11-8(7)6-3-1-2-4-9-6;/h1-3,8,11-12H,4-7,9-10H2;2-5,13H,6-11H2,1H3;1-5H,(H,10,11);1H4. The molecule has 4 aliphatic rings. The maximum atomic E-state index is 12.2. The first-order valence-corrected chi connectivity index (χ1v) is 20.7. The van der Waals surface area contributed by atoms with Crippen LogP contribution in [0.25, 0.3) is 22.8 Å². The van der Waals surface area contributed by atoms with Crippen LogP contribution in [-0.4, -0.2) is 92.3 Å². The highest BCUT2D eigenvalue weighted by Gasteiger charge is 2.43. The molecule has 0 bridgehead atoms. The number of nitrogens with zero attached hydrogens (tertiary/aromatic N) is 7. The number of aryl methyl sites for hydroxylation is 1. The first-order valence-electron chi connectivity index (χ1n) is 19.2. The summed E-state index contributed by atoms with van der Waals surface area (Å²) in [5.74, 6) is -0.938. The first-order chi connectivity index (χ1) is 28.4. The predicted molar refractivity (Wildman–Crippen MR) is 216 cm³/mol. The Morgan fingerprint density at radius 3 is 1.82 bits per heavy atom. The highest BCUT2D eigenvalue weighted by molar-refractivity contribution is 7.86. The number of rotatable bonds is 8. The van der Waals surface area contributed by atoms with Crippen LogP contribution in [0.1, 0.15) is 70.4 Å². The van der Waals surface area contributed by atoms with Crippen LogP contribution in [0.5, 0.6) is 0 Å². The second-order valence-electron chi connectivity index (χ2n) is 14.4. The van der Waals surface area contributed by atoms with Crippen LogP contribution >= 0.6 is 0 Å². The Morgan fingerprint density at radius 2 is 1.30 bits per heavy atom. The third-order valence-electron chi connectivity index (χ3n) is 10.5. The SMILES string of the molecule is C.Cc1ccc(S(=O)(=O)OC2CCC3(CC2)OCCO3)cc1.O=[N+]([O-])c1cn(C2CCC3(CC2)OCCO3)nc1-c1ccccn1.O=[N+]([O-])c1cn[nH]c1-c1ccccn1. The minimum Gasteiger partial charge on any atom is -0.348 e. The summed E-state index contributed by atoms with van der Waals surface area (Å²) in [5.41, 5.74) is 2.61. The normalized spacial score (nSPS) is 19.4. The van der Waals surface area contributed by atoms with Crippen molar-refractivity contribution in [1.29, 1.82) is 0 Å². The summed E-state index contributed by atoms with van der Waals surface area (Å²) in [4.78, 5) is 29.4. The predicted octanol–water partition coefficient (Wildman–Crippen LogP) is 7.11.